The predicted molar refractivity (Wildman–Crippen MR) is 164 cm³/mol. The standard InChI is InChI=1S/C30H49N3O6S2/c1-6-7-18-12-13-38-27-20(14-18)15-31-23(27)29(37)32-22(28-25(35)24(34)26(36)30(39-28)40-5)17(2)41-21-10-8-19(9-11-21)16-33(3)4/h8-11,17-18,20,22-28,30-31,34-36H,6-7,12-16H2,1-5H3,(H,32,37)/t17-,18+,20-,22+,23-,24+,25?,26+,27+,28+,30?/m0/s1. The third kappa shape index (κ3) is 8.19. The second kappa shape index (κ2) is 15.2. The molecule has 3 fully saturated rings. The Bertz CT molecular complexity index is 970. The average Bonchev–Trinajstić information content (AvgIpc) is 3.23. The Morgan fingerprint density at radius 2 is 1.90 bits per heavy atom. The maximum absolute atomic E-state index is 13.9. The van der Waals surface area contributed by atoms with Crippen LogP contribution in [0.3, 0.4) is 0 Å². The highest BCUT2D eigenvalue weighted by Crippen LogP contribution is 2.35. The maximum Gasteiger partial charge on any atom is 0.240 e. The molecule has 2 unspecified atom stereocenters. The summed E-state index contributed by atoms with van der Waals surface area (Å²) in [7, 11) is 4.07. The van der Waals surface area contributed by atoms with Crippen molar-refractivity contribution in [3.05, 3.63) is 29.8 Å². The molecule has 232 valence electrons. The van der Waals surface area contributed by atoms with E-state index in [9.17, 15) is 20.1 Å². The summed E-state index contributed by atoms with van der Waals surface area (Å²) in [4.78, 5) is 17.0. The molecule has 1 aromatic carbocycles. The zero-order chi connectivity index (χ0) is 29.7. The number of aliphatic hydroxyl groups excluding tert-OH is 3. The number of hydrogen-bond donors (Lipinski definition) is 5. The molecule has 5 N–H and O–H groups in total. The van der Waals surface area contributed by atoms with Crippen molar-refractivity contribution < 1.29 is 29.6 Å². The SMILES string of the molecule is CCC[C@@H]1CCO[C@@H]2[C@H](CN[C@@H]2C(=O)N[C@H]([C@H](C)Sc2ccc(CN(C)C)cc2)[C@H]2OC(SC)[C@H](O)[C@H](O)C2O)C1. The first-order valence-electron chi connectivity index (χ1n) is 14.9. The monoisotopic (exact) mass is 611 g/mol. The molecule has 3 aliphatic rings. The van der Waals surface area contributed by atoms with E-state index < -0.39 is 41.9 Å². The minimum Gasteiger partial charge on any atom is -0.388 e. The van der Waals surface area contributed by atoms with Gasteiger partial charge in [-0.2, -0.15) is 0 Å². The summed E-state index contributed by atoms with van der Waals surface area (Å²) in [6.07, 6.45) is 1.10. The summed E-state index contributed by atoms with van der Waals surface area (Å²) in [5.74, 6) is 0.710. The molecule has 41 heavy (non-hydrogen) atoms. The summed E-state index contributed by atoms with van der Waals surface area (Å²) in [5, 5.41) is 38.6. The van der Waals surface area contributed by atoms with Gasteiger partial charge in [-0.05, 0) is 62.7 Å². The van der Waals surface area contributed by atoms with Crippen LogP contribution < -0.4 is 10.6 Å². The number of hydrogen-bond acceptors (Lipinski definition) is 10. The molecule has 0 radical (unpaired) electrons. The highest BCUT2D eigenvalue weighted by atomic mass is 32.2. The van der Waals surface area contributed by atoms with Crippen LogP contribution >= 0.6 is 23.5 Å². The number of carbonyl (C=O) groups excluding carboxylic acids is 1. The van der Waals surface area contributed by atoms with Crippen molar-refractivity contribution >= 4 is 29.4 Å². The lowest BCUT2D eigenvalue weighted by atomic mass is 9.87. The van der Waals surface area contributed by atoms with E-state index in [0.717, 1.165) is 37.2 Å². The van der Waals surface area contributed by atoms with Gasteiger partial charge in [0.25, 0.3) is 0 Å². The molecular weight excluding hydrogens is 562 g/mol. The number of amides is 1. The van der Waals surface area contributed by atoms with Crippen LogP contribution in [0.4, 0.5) is 0 Å². The topological polar surface area (TPSA) is 124 Å². The highest BCUT2D eigenvalue weighted by Gasteiger charge is 2.50. The van der Waals surface area contributed by atoms with Crippen molar-refractivity contribution in [3.8, 4) is 0 Å². The Morgan fingerprint density at radius 1 is 1.17 bits per heavy atom. The summed E-state index contributed by atoms with van der Waals surface area (Å²) >= 11 is 2.85. The Kier molecular flexibility index (Phi) is 12.2. The maximum atomic E-state index is 13.9. The number of thioether (sulfide) groups is 2. The number of rotatable bonds is 11. The third-order valence-electron chi connectivity index (χ3n) is 8.60. The van der Waals surface area contributed by atoms with E-state index in [-0.39, 0.29) is 23.2 Å². The molecule has 0 saturated carbocycles. The summed E-state index contributed by atoms with van der Waals surface area (Å²) in [5.41, 5.74) is 0.476. The van der Waals surface area contributed by atoms with Crippen molar-refractivity contribution in [3.63, 3.8) is 0 Å². The van der Waals surface area contributed by atoms with Gasteiger partial charge in [0.1, 0.15) is 35.9 Å². The van der Waals surface area contributed by atoms with Gasteiger partial charge >= 0.3 is 0 Å². The molecule has 1 amide bonds. The van der Waals surface area contributed by atoms with Crippen molar-refractivity contribution in [1.82, 2.24) is 15.5 Å². The molecule has 4 rings (SSSR count). The quantitative estimate of drug-likeness (QED) is 0.238. The first kappa shape index (κ1) is 33.0. The number of nitrogens with zero attached hydrogens (tertiary/aromatic N) is 1. The minimum absolute atomic E-state index is 0.192. The molecule has 11 atom stereocenters. The first-order chi connectivity index (χ1) is 19.6. The third-order valence-corrected chi connectivity index (χ3v) is 10.7. The number of aliphatic hydroxyl groups is 3. The largest absolute Gasteiger partial charge is 0.388 e. The van der Waals surface area contributed by atoms with Crippen LogP contribution in [0, 0.1) is 11.8 Å². The summed E-state index contributed by atoms with van der Waals surface area (Å²) < 4.78 is 12.4. The van der Waals surface area contributed by atoms with Gasteiger partial charge in [0.2, 0.25) is 5.91 Å². The number of carbonyl (C=O) groups is 1. The van der Waals surface area contributed by atoms with Gasteiger partial charge in [-0.25, -0.2) is 0 Å². The van der Waals surface area contributed by atoms with Gasteiger partial charge < -0.3 is 40.3 Å². The molecule has 0 aromatic heterocycles. The van der Waals surface area contributed by atoms with Gasteiger partial charge in [0, 0.05) is 29.8 Å². The van der Waals surface area contributed by atoms with Crippen LogP contribution in [0.15, 0.2) is 29.2 Å². The van der Waals surface area contributed by atoms with Crippen LogP contribution in [0.5, 0.6) is 0 Å². The lowest BCUT2D eigenvalue weighted by Crippen LogP contribution is -2.65. The zero-order valence-electron chi connectivity index (χ0n) is 24.9. The molecule has 3 saturated heterocycles. The molecule has 11 heteroatoms. The van der Waals surface area contributed by atoms with E-state index in [1.54, 1.807) is 18.0 Å². The van der Waals surface area contributed by atoms with Crippen molar-refractivity contribution in [2.24, 2.45) is 11.8 Å². The second-order valence-electron chi connectivity index (χ2n) is 12.1. The Hall–Kier alpha value is -0.890. The molecule has 0 bridgehead atoms. The van der Waals surface area contributed by atoms with Crippen molar-refractivity contribution in [2.45, 2.75) is 104 Å². The number of nitrogens with one attached hydrogen (secondary N) is 2. The average molecular weight is 612 g/mol. The van der Waals surface area contributed by atoms with Crippen LogP contribution in [0.2, 0.25) is 0 Å². The van der Waals surface area contributed by atoms with Crippen molar-refractivity contribution in [2.75, 3.05) is 33.5 Å². The fraction of sp³-hybridized carbons (Fsp3) is 0.767. The van der Waals surface area contributed by atoms with E-state index >= 15 is 0 Å². The first-order valence-corrected chi connectivity index (χ1v) is 17.1. The van der Waals surface area contributed by atoms with Crippen LogP contribution in [0.25, 0.3) is 0 Å². The number of ether oxygens (including phenoxy) is 2. The Balaban J connectivity index is 1.52. The van der Waals surface area contributed by atoms with Crippen molar-refractivity contribution in [1.29, 1.82) is 0 Å². The van der Waals surface area contributed by atoms with Crippen LogP contribution in [-0.2, 0) is 20.8 Å². The van der Waals surface area contributed by atoms with Gasteiger partial charge in [-0.15, -0.1) is 23.5 Å². The van der Waals surface area contributed by atoms with E-state index in [1.165, 1.54) is 23.7 Å². The normalized spacial score (nSPS) is 35.5. The van der Waals surface area contributed by atoms with E-state index in [4.69, 9.17) is 9.47 Å². The fourth-order valence-corrected chi connectivity index (χ4v) is 8.25. The summed E-state index contributed by atoms with van der Waals surface area (Å²) in [6, 6.07) is 7.18. The second-order valence-corrected chi connectivity index (χ2v) is 14.5. The predicted octanol–water partition coefficient (Wildman–Crippen LogP) is 2.07. The van der Waals surface area contributed by atoms with Gasteiger partial charge in [0.05, 0.1) is 12.1 Å². The fourth-order valence-electron chi connectivity index (χ4n) is 6.47. The van der Waals surface area contributed by atoms with E-state index in [0.29, 0.717) is 12.5 Å². The van der Waals surface area contributed by atoms with Crippen LogP contribution in [0.1, 0.15) is 45.1 Å². The molecule has 3 heterocycles. The van der Waals surface area contributed by atoms with Gasteiger partial charge in [-0.3, -0.25) is 4.79 Å². The van der Waals surface area contributed by atoms with Crippen LogP contribution in [-0.4, -0.2) is 113 Å². The van der Waals surface area contributed by atoms with Gasteiger partial charge in [0.15, 0.2) is 0 Å². The van der Waals surface area contributed by atoms with Gasteiger partial charge in [-0.1, -0.05) is 38.8 Å². The zero-order valence-corrected chi connectivity index (χ0v) is 26.6. The molecule has 0 spiro atoms. The van der Waals surface area contributed by atoms with E-state index in [2.05, 4.69) is 46.7 Å². The summed E-state index contributed by atoms with van der Waals surface area (Å²) in [6.45, 7) is 6.44. The lowest BCUT2D eigenvalue weighted by Gasteiger charge is -2.44. The van der Waals surface area contributed by atoms with E-state index in [1.807, 2.05) is 21.0 Å². The number of benzene rings is 1. The minimum atomic E-state index is -1.39. The Labute approximate surface area is 253 Å². The molecule has 9 nitrogen and oxygen atoms in total. The Morgan fingerprint density at radius 3 is 2.56 bits per heavy atom. The molecule has 1 aromatic rings. The number of fused-ring (bicyclic) bond motifs is 1. The molecular formula is C30H49N3O6S2. The molecule has 3 aliphatic heterocycles. The lowest BCUT2D eigenvalue weighted by molar-refractivity contribution is -0.205. The smallest absolute Gasteiger partial charge is 0.240 e. The highest BCUT2D eigenvalue weighted by molar-refractivity contribution is 8.00. The molecule has 0 aliphatic carbocycles.